The molecule has 0 bridgehead atoms. The fourth-order valence-corrected chi connectivity index (χ4v) is 2.58. The number of phosphoric acid groups is 1. The third-order valence-electron chi connectivity index (χ3n) is 3.77. The van der Waals surface area contributed by atoms with Crippen LogP contribution in [0.4, 0.5) is 70.2 Å². The van der Waals surface area contributed by atoms with Crippen molar-refractivity contribution in [2.24, 2.45) is 0 Å². The van der Waals surface area contributed by atoms with E-state index in [2.05, 4.69) is 4.52 Å². The summed E-state index contributed by atoms with van der Waals surface area (Å²) in [6, 6.07) is 0. The molecule has 194 valence electrons. The molecule has 0 saturated heterocycles. The van der Waals surface area contributed by atoms with Gasteiger partial charge in [0.05, 0.1) is 0 Å². The Morgan fingerprint density at radius 3 is 1.09 bits per heavy atom. The van der Waals surface area contributed by atoms with Gasteiger partial charge in [-0.2, -0.15) is 61.5 Å². The number of alkyl halides is 16. The molecule has 32 heavy (non-hydrogen) atoms. The molecule has 0 aromatic heterocycles. The second kappa shape index (κ2) is 7.76. The van der Waals surface area contributed by atoms with Gasteiger partial charge in [-0.25, -0.2) is 13.3 Å². The minimum absolute atomic E-state index is 0.564. The standard InChI is InChI=1S/C11H9F16O4P/c1-4(2,31-32(28,29)30)6(16,17)8(20,21)10(24,25)11(26,27)9(22,23)7(18,19)5(14,15)3(12)13/h3H,1-2H3,(H2,28,29,30). The van der Waals surface area contributed by atoms with Crippen molar-refractivity contribution in [3.05, 3.63) is 0 Å². The van der Waals surface area contributed by atoms with Crippen molar-refractivity contribution >= 4 is 7.82 Å². The van der Waals surface area contributed by atoms with Crippen LogP contribution in [0.5, 0.6) is 0 Å². The van der Waals surface area contributed by atoms with Gasteiger partial charge in [0.15, 0.2) is 0 Å². The van der Waals surface area contributed by atoms with E-state index in [1.54, 1.807) is 0 Å². The van der Waals surface area contributed by atoms with Crippen LogP contribution in [0.25, 0.3) is 0 Å². The molecule has 0 aliphatic carbocycles. The summed E-state index contributed by atoms with van der Waals surface area (Å²) in [6.45, 7) is -1.13. The van der Waals surface area contributed by atoms with Gasteiger partial charge >= 0.3 is 55.7 Å². The molecule has 0 aromatic carbocycles. The maximum absolute atomic E-state index is 13.9. The number of rotatable bonds is 10. The average Bonchev–Trinajstić information content (AvgIpc) is 2.50. The zero-order chi connectivity index (χ0) is 26.8. The second-order valence-corrected chi connectivity index (χ2v) is 7.63. The Morgan fingerprint density at radius 2 is 0.844 bits per heavy atom. The summed E-state index contributed by atoms with van der Waals surface area (Å²) in [5.74, 6) is -56.4. The lowest BCUT2D eigenvalue weighted by atomic mass is 9.84. The lowest BCUT2D eigenvalue weighted by Crippen LogP contribution is -2.75. The minimum atomic E-state index is -8.60. The fraction of sp³-hybridized carbons (Fsp3) is 1.00. The third kappa shape index (κ3) is 4.15. The summed E-state index contributed by atoms with van der Waals surface area (Å²) in [5, 5.41) is 0. The average molecular weight is 540 g/mol. The molecule has 0 saturated carbocycles. The summed E-state index contributed by atoms with van der Waals surface area (Å²) in [7, 11) is -6.33. The first-order valence-electron chi connectivity index (χ1n) is 7.09. The van der Waals surface area contributed by atoms with Gasteiger partial charge in [-0.15, -0.1) is 0 Å². The van der Waals surface area contributed by atoms with E-state index in [0.29, 0.717) is 0 Å². The molecule has 0 spiro atoms. The summed E-state index contributed by atoms with van der Waals surface area (Å²) >= 11 is 0. The SMILES string of the molecule is CC(C)(OP(=O)(O)O)C(F)(F)C(F)(F)C(F)(F)C(F)(F)C(F)(F)C(F)(F)C(F)(F)C(F)F. The van der Waals surface area contributed by atoms with E-state index in [-0.39, 0.29) is 0 Å². The van der Waals surface area contributed by atoms with Crippen molar-refractivity contribution in [2.45, 2.75) is 67.3 Å². The van der Waals surface area contributed by atoms with Crippen LogP contribution >= 0.6 is 7.82 Å². The van der Waals surface area contributed by atoms with Gasteiger partial charge in [0.2, 0.25) is 0 Å². The maximum atomic E-state index is 13.9. The monoisotopic (exact) mass is 540 g/mol. The molecule has 0 rings (SSSR count). The van der Waals surface area contributed by atoms with Crippen LogP contribution in [0, 0.1) is 0 Å². The Bertz CT molecular complexity index is 742. The predicted octanol–water partition coefficient (Wildman–Crippen LogP) is 5.59. The number of hydrogen-bond donors (Lipinski definition) is 2. The quantitative estimate of drug-likeness (QED) is 0.281. The van der Waals surface area contributed by atoms with E-state index < -0.39 is 75.2 Å². The Morgan fingerprint density at radius 1 is 0.594 bits per heavy atom. The summed E-state index contributed by atoms with van der Waals surface area (Å²) in [5.41, 5.74) is -4.64. The summed E-state index contributed by atoms with van der Waals surface area (Å²) in [6.07, 6.45) is -5.95. The van der Waals surface area contributed by atoms with Crippen molar-refractivity contribution in [1.82, 2.24) is 0 Å². The van der Waals surface area contributed by atoms with Crippen LogP contribution in [0.15, 0.2) is 0 Å². The van der Waals surface area contributed by atoms with E-state index in [0.717, 1.165) is 0 Å². The van der Waals surface area contributed by atoms with Crippen LogP contribution in [-0.4, -0.2) is 63.3 Å². The highest BCUT2D eigenvalue weighted by atomic mass is 31.2. The molecule has 0 fully saturated rings. The van der Waals surface area contributed by atoms with Gasteiger partial charge in [-0.05, 0) is 13.8 Å². The van der Waals surface area contributed by atoms with E-state index >= 15 is 0 Å². The Balaban J connectivity index is 6.84. The van der Waals surface area contributed by atoms with Gasteiger partial charge in [0.1, 0.15) is 5.60 Å². The first kappa shape index (κ1) is 31.0. The van der Waals surface area contributed by atoms with Crippen molar-refractivity contribution in [3.8, 4) is 0 Å². The summed E-state index contributed by atoms with van der Waals surface area (Å²) < 4.78 is 224. The minimum Gasteiger partial charge on any atom is -0.303 e. The van der Waals surface area contributed by atoms with Crippen molar-refractivity contribution in [1.29, 1.82) is 0 Å². The predicted molar refractivity (Wildman–Crippen MR) is 67.8 cm³/mol. The van der Waals surface area contributed by atoms with Crippen LogP contribution < -0.4 is 0 Å². The molecule has 0 aliphatic rings. The lowest BCUT2D eigenvalue weighted by Gasteiger charge is -2.45. The van der Waals surface area contributed by atoms with E-state index in [1.807, 2.05) is 0 Å². The molecule has 2 N–H and O–H groups in total. The molecule has 0 amide bonds. The number of hydrogen-bond acceptors (Lipinski definition) is 2. The fourth-order valence-electron chi connectivity index (χ4n) is 1.87. The first-order valence-corrected chi connectivity index (χ1v) is 8.62. The third-order valence-corrected chi connectivity index (χ3v) is 4.46. The van der Waals surface area contributed by atoms with Gasteiger partial charge < -0.3 is 9.79 Å². The molecule has 0 unspecified atom stereocenters. The Labute approximate surface area is 165 Å². The highest BCUT2D eigenvalue weighted by Crippen LogP contribution is 2.64. The van der Waals surface area contributed by atoms with Crippen molar-refractivity contribution in [2.75, 3.05) is 0 Å². The molecule has 0 heterocycles. The molecule has 0 aliphatic heterocycles. The van der Waals surface area contributed by atoms with Crippen LogP contribution in [0.2, 0.25) is 0 Å². The zero-order valence-electron chi connectivity index (χ0n) is 14.8. The van der Waals surface area contributed by atoms with Crippen LogP contribution in [-0.2, 0) is 9.09 Å². The molecule has 4 nitrogen and oxygen atoms in total. The first-order chi connectivity index (χ1) is 13.4. The van der Waals surface area contributed by atoms with Crippen molar-refractivity contribution in [3.63, 3.8) is 0 Å². The van der Waals surface area contributed by atoms with Gasteiger partial charge in [-0.3, -0.25) is 4.52 Å². The molecule has 0 aromatic rings. The smallest absolute Gasteiger partial charge is 0.303 e. The maximum Gasteiger partial charge on any atom is 0.470 e. The van der Waals surface area contributed by atoms with Gasteiger partial charge in [0.25, 0.3) is 0 Å². The van der Waals surface area contributed by atoms with Gasteiger partial charge in [0, 0.05) is 0 Å². The normalized spacial score (nSPS) is 16.7. The van der Waals surface area contributed by atoms with Gasteiger partial charge in [-0.1, -0.05) is 0 Å². The Kier molecular flexibility index (Phi) is 7.52. The largest absolute Gasteiger partial charge is 0.470 e. The number of halogens is 16. The molecule has 0 radical (unpaired) electrons. The highest BCUT2D eigenvalue weighted by Gasteiger charge is 2.94. The molecule has 0 atom stereocenters. The molecular formula is C11H9F16O4P. The second-order valence-electron chi connectivity index (χ2n) is 6.46. The lowest BCUT2D eigenvalue weighted by molar-refractivity contribution is -0.453. The number of phosphoric ester groups is 1. The van der Waals surface area contributed by atoms with E-state index in [9.17, 15) is 74.8 Å². The topological polar surface area (TPSA) is 66.8 Å². The van der Waals surface area contributed by atoms with E-state index in [1.165, 1.54) is 0 Å². The summed E-state index contributed by atoms with van der Waals surface area (Å²) in [4.78, 5) is 16.6. The Hall–Kier alpha value is -1.01. The van der Waals surface area contributed by atoms with Crippen LogP contribution in [0.3, 0.4) is 0 Å². The zero-order valence-corrected chi connectivity index (χ0v) is 15.7. The molecular weight excluding hydrogens is 531 g/mol. The molecule has 21 heteroatoms. The van der Waals surface area contributed by atoms with E-state index in [4.69, 9.17) is 9.79 Å². The van der Waals surface area contributed by atoms with Crippen molar-refractivity contribution < 1.29 is 89.1 Å². The highest BCUT2D eigenvalue weighted by molar-refractivity contribution is 7.46. The van der Waals surface area contributed by atoms with Crippen LogP contribution in [0.1, 0.15) is 13.8 Å².